The summed E-state index contributed by atoms with van der Waals surface area (Å²) in [5, 5.41) is 3.14. The fourth-order valence-corrected chi connectivity index (χ4v) is 2.09. The second-order valence-electron chi connectivity index (χ2n) is 3.02. The molecule has 1 rings (SSSR count). The van der Waals surface area contributed by atoms with Gasteiger partial charge in [-0.2, -0.15) is 0 Å². The van der Waals surface area contributed by atoms with E-state index in [0.717, 1.165) is 18.9 Å². The Balaban J connectivity index is 2.46. The van der Waals surface area contributed by atoms with E-state index < -0.39 is 0 Å². The zero-order valence-electron chi connectivity index (χ0n) is 8.75. The number of hydrogen-bond donors (Lipinski definition) is 1. The molecule has 0 amide bonds. The summed E-state index contributed by atoms with van der Waals surface area (Å²) >= 11 is 1.83. The molecule has 1 aromatic rings. The Labute approximate surface area is 90.0 Å². The van der Waals surface area contributed by atoms with Crippen molar-refractivity contribution in [1.82, 2.24) is 5.32 Å². The lowest BCUT2D eigenvalue weighted by molar-refractivity contribution is 0.218. The first kappa shape index (κ1) is 11.6. The third-order valence-electron chi connectivity index (χ3n) is 1.84. The van der Waals surface area contributed by atoms with Gasteiger partial charge in [0.25, 0.3) is 0 Å². The van der Waals surface area contributed by atoms with Gasteiger partial charge < -0.3 is 10.1 Å². The third kappa shape index (κ3) is 4.13. The molecule has 78 valence electrons. The minimum Gasteiger partial charge on any atom is -0.384 e. The molecule has 2 nitrogen and oxygen atoms in total. The molecule has 3 heteroatoms. The summed E-state index contributed by atoms with van der Waals surface area (Å²) in [5.74, 6) is 1.01. The average Bonchev–Trinajstić information content (AvgIpc) is 2.19. The van der Waals surface area contributed by atoms with Crippen LogP contribution in [0, 0.1) is 0 Å². The first-order valence-corrected chi connectivity index (χ1v) is 5.70. The van der Waals surface area contributed by atoms with Gasteiger partial charge in [-0.3, -0.25) is 0 Å². The Bertz CT molecular complexity index is 265. The number of methoxy groups -OCH3 is 1. The molecule has 14 heavy (non-hydrogen) atoms. The largest absolute Gasteiger partial charge is 0.384 e. The first-order chi connectivity index (χ1) is 6.86. The molecule has 1 aromatic carbocycles. The van der Waals surface area contributed by atoms with Crippen molar-refractivity contribution in [2.45, 2.75) is 11.4 Å². The van der Waals surface area contributed by atoms with E-state index in [-0.39, 0.29) is 0 Å². The quantitative estimate of drug-likeness (QED) is 0.575. The van der Waals surface area contributed by atoms with Crippen LogP contribution in [0.5, 0.6) is 0 Å². The molecule has 0 saturated heterocycles. The summed E-state index contributed by atoms with van der Waals surface area (Å²) in [5.41, 5.74) is 1.33. The van der Waals surface area contributed by atoms with Gasteiger partial charge in [0.1, 0.15) is 0 Å². The summed E-state index contributed by atoms with van der Waals surface area (Å²) in [4.78, 5) is 1.31. The van der Waals surface area contributed by atoms with E-state index in [2.05, 4.69) is 29.6 Å². The fourth-order valence-electron chi connectivity index (χ4n) is 1.19. The highest BCUT2D eigenvalue weighted by Gasteiger charge is 1.95. The van der Waals surface area contributed by atoms with Crippen LogP contribution in [0.2, 0.25) is 0 Å². The highest BCUT2D eigenvalue weighted by atomic mass is 32.2. The smallest absolute Gasteiger partial charge is 0.0556 e. The predicted octanol–water partition coefficient (Wildman–Crippen LogP) is 2.14. The Morgan fingerprint density at radius 1 is 1.43 bits per heavy atom. The topological polar surface area (TPSA) is 21.3 Å². The Morgan fingerprint density at radius 3 is 3.00 bits per heavy atom. The zero-order valence-corrected chi connectivity index (χ0v) is 9.56. The maximum absolute atomic E-state index is 5.01. The van der Waals surface area contributed by atoms with Gasteiger partial charge in [0.05, 0.1) is 6.61 Å². The monoisotopic (exact) mass is 211 g/mol. The van der Waals surface area contributed by atoms with Crippen molar-refractivity contribution in [2.24, 2.45) is 0 Å². The van der Waals surface area contributed by atoms with Crippen molar-refractivity contribution in [3.63, 3.8) is 0 Å². The number of rotatable bonds is 6. The van der Waals surface area contributed by atoms with Crippen LogP contribution < -0.4 is 5.32 Å². The Hall–Kier alpha value is -0.510. The van der Waals surface area contributed by atoms with E-state index in [1.54, 1.807) is 7.11 Å². The van der Waals surface area contributed by atoms with Crippen molar-refractivity contribution in [3.8, 4) is 0 Å². The van der Waals surface area contributed by atoms with Gasteiger partial charge in [-0.15, -0.1) is 11.8 Å². The highest BCUT2D eigenvalue weighted by Crippen LogP contribution is 2.18. The van der Waals surface area contributed by atoms with Crippen LogP contribution in [-0.2, 0) is 11.3 Å². The fraction of sp³-hybridized carbons (Fsp3) is 0.455. The van der Waals surface area contributed by atoms with Crippen LogP contribution in [-0.4, -0.2) is 26.5 Å². The summed E-state index contributed by atoms with van der Waals surface area (Å²) in [6.07, 6.45) is 0. The van der Waals surface area contributed by atoms with E-state index in [1.165, 1.54) is 10.5 Å². The molecule has 0 aliphatic carbocycles. The highest BCUT2D eigenvalue weighted by molar-refractivity contribution is 7.99. The van der Waals surface area contributed by atoms with E-state index >= 15 is 0 Å². The first-order valence-electron chi connectivity index (χ1n) is 4.72. The predicted molar refractivity (Wildman–Crippen MR) is 61.8 cm³/mol. The molecule has 0 atom stereocenters. The molecule has 0 saturated carbocycles. The van der Waals surface area contributed by atoms with Crippen molar-refractivity contribution in [1.29, 1.82) is 0 Å². The lowest BCUT2D eigenvalue weighted by Crippen LogP contribution is -2.04. The summed E-state index contributed by atoms with van der Waals surface area (Å²) in [7, 11) is 3.70. The van der Waals surface area contributed by atoms with Gasteiger partial charge in [0.2, 0.25) is 0 Å². The summed E-state index contributed by atoms with van der Waals surface area (Å²) < 4.78 is 5.01. The maximum Gasteiger partial charge on any atom is 0.0556 e. The zero-order chi connectivity index (χ0) is 10.2. The van der Waals surface area contributed by atoms with E-state index in [4.69, 9.17) is 4.74 Å². The minimum atomic E-state index is 0.806. The molecule has 0 unspecified atom stereocenters. The van der Waals surface area contributed by atoms with E-state index in [9.17, 15) is 0 Å². The number of hydrogen-bond acceptors (Lipinski definition) is 3. The van der Waals surface area contributed by atoms with Crippen LogP contribution in [0.1, 0.15) is 5.56 Å². The van der Waals surface area contributed by atoms with Gasteiger partial charge in [0.15, 0.2) is 0 Å². The van der Waals surface area contributed by atoms with Gasteiger partial charge >= 0.3 is 0 Å². The van der Waals surface area contributed by atoms with E-state index in [0.29, 0.717) is 0 Å². The molecule has 0 spiro atoms. The van der Waals surface area contributed by atoms with Crippen LogP contribution in [0.3, 0.4) is 0 Å². The molecule has 0 aliphatic heterocycles. The summed E-state index contributed by atoms with van der Waals surface area (Å²) in [6.45, 7) is 1.74. The molecular weight excluding hydrogens is 194 g/mol. The lowest BCUT2D eigenvalue weighted by atomic mass is 10.2. The number of benzene rings is 1. The Morgan fingerprint density at radius 2 is 2.29 bits per heavy atom. The second kappa shape index (κ2) is 6.87. The van der Waals surface area contributed by atoms with Crippen molar-refractivity contribution >= 4 is 11.8 Å². The van der Waals surface area contributed by atoms with Crippen molar-refractivity contribution in [2.75, 3.05) is 26.5 Å². The number of ether oxygens (including phenoxy) is 1. The normalized spacial score (nSPS) is 10.4. The van der Waals surface area contributed by atoms with Gasteiger partial charge in [-0.1, -0.05) is 12.1 Å². The van der Waals surface area contributed by atoms with Crippen LogP contribution in [0.4, 0.5) is 0 Å². The number of thioether (sulfide) groups is 1. The molecule has 0 radical (unpaired) electrons. The van der Waals surface area contributed by atoms with Crippen LogP contribution in [0.25, 0.3) is 0 Å². The van der Waals surface area contributed by atoms with Gasteiger partial charge in [0, 0.05) is 24.3 Å². The van der Waals surface area contributed by atoms with Gasteiger partial charge in [-0.05, 0) is 24.7 Å². The SMILES string of the molecule is CNCc1cccc(SCCOC)c1. The molecule has 1 N–H and O–H groups in total. The molecule has 0 aromatic heterocycles. The Kier molecular flexibility index (Phi) is 5.68. The van der Waals surface area contributed by atoms with Gasteiger partial charge in [-0.25, -0.2) is 0 Å². The minimum absolute atomic E-state index is 0.806. The maximum atomic E-state index is 5.01. The molecular formula is C11H17NOS. The molecule has 0 aliphatic rings. The van der Waals surface area contributed by atoms with Crippen LogP contribution >= 0.6 is 11.8 Å². The standard InChI is InChI=1S/C11H17NOS/c1-12-9-10-4-3-5-11(8-10)14-7-6-13-2/h3-5,8,12H,6-7,9H2,1-2H3. The number of nitrogens with one attached hydrogen (secondary N) is 1. The molecule has 0 heterocycles. The summed E-state index contributed by atoms with van der Waals surface area (Å²) in [6, 6.07) is 8.59. The average molecular weight is 211 g/mol. The van der Waals surface area contributed by atoms with Crippen molar-refractivity contribution < 1.29 is 4.74 Å². The van der Waals surface area contributed by atoms with Crippen molar-refractivity contribution in [3.05, 3.63) is 29.8 Å². The molecule has 0 fully saturated rings. The van der Waals surface area contributed by atoms with Crippen LogP contribution in [0.15, 0.2) is 29.2 Å². The third-order valence-corrected chi connectivity index (χ3v) is 2.79. The van der Waals surface area contributed by atoms with E-state index in [1.807, 2.05) is 18.8 Å². The second-order valence-corrected chi connectivity index (χ2v) is 4.19. The lowest BCUT2D eigenvalue weighted by Gasteiger charge is -2.04. The molecule has 0 bridgehead atoms.